The van der Waals surface area contributed by atoms with Crippen molar-refractivity contribution < 1.29 is 9.84 Å². The van der Waals surface area contributed by atoms with Crippen molar-refractivity contribution in [2.75, 3.05) is 13.2 Å². The molecule has 2 rings (SSSR count). The molecular formula is C14H25NO2. The Morgan fingerprint density at radius 2 is 2.24 bits per heavy atom. The molecule has 0 atom stereocenters. The monoisotopic (exact) mass is 239 g/mol. The van der Waals surface area contributed by atoms with Gasteiger partial charge in [0.25, 0.3) is 0 Å². The number of hydrogen-bond donors (Lipinski definition) is 2. The van der Waals surface area contributed by atoms with E-state index < -0.39 is 5.60 Å². The highest BCUT2D eigenvalue weighted by Gasteiger charge is 2.36. The number of hydrogen-bond acceptors (Lipinski definition) is 3. The average Bonchev–Trinajstić information content (AvgIpc) is 2.39. The van der Waals surface area contributed by atoms with Crippen LogP contribution in [0, 0.1) is 0 Å². The summed E-state index contributed by atoms with van der Waals surface area (Å²) in [7, 11) is 0. The molecule has 0 amide bonds. The maximum absolute atomic E-state index is 10.7. The summed E-state index contributed by atoms with van der Waals surface area (Å²) in [5.41, 5.74) is 0.544. The zero-order valence-electron chi connectivity index (χ0n) is 10.9. The minimum Gasteiger partial charge on any atom is -0.501 e. The van der Waals surface area contributed by atoms with Gasteiger partial charge < -0.3 is 15.2 Å². The first-order chi connectivity index (χ1) is 8.24. The molecule has 1 saturated carbocycles. The van der Waals surface area contributed by atoms with E-state index in [2.05, 4.69) is 12.2 Å². The Morgan fingerprint density at radius 3 is 2.82 bits per heavy atom. The second-order valence-corrected chi connectivity index (χ2v) is 5.38. The highest BCUT2D eigenvalue weighted by Crippen LogP contribution is 2.37. The summed E-state index contributed by atoms with van der Waals surface area (Å²) >= 11 is 0. The van der Waals surface area contributed by atoms with Crippen LogP contribution in [-0.4, -0.2) is 29.9 Å². The minimum atomic E-state index is -0.579. The summed E-state index contributed by atoms with van der Waals surface area (Å²) in [5, 5.41) is 14.2. The van der Waals surface area contributed by atoms with Gasteiger partial charge in [-0.25, -0.2) is 0 Å². The van der Waals surface area contributed by atoms with E-state index in [1.807, 2.05) is 6.26 Å². The summed E-state index contributed by atoms with van der Waals surface area (Å²) in [6.07, 6.45) is 8.95. The first-order valence-electron chi connectivity index (χ1n) is 7.01. The maximum Gasteiger partial charge on any atom is 0.0890 e. The van der Waals surface area contributed by atoms with Crippen LogP contribution in [0.15, 0.2) is 11.8 Å². The second-order valence-electron chi connectivity index (χ2n) is 5.38. The standard InChI is InChI=1S/C14H25NO2/c1-2-9-15-13-5-7-14(16,8-6-13)12-4-3-10-17-11-12/h11,13,15-16H,2-10H2,1H3. The number of rotatable bonds is 4. The number of nitrogens with one attached hydrogen (secondary N) is 1. The highest BCUT2D eigenvalue weighted by atomic mass is 16.5. The summed E-state index contributed by atoms with van der Waals surface area (Å²) in [4.78, 5) is 0. The van der Waals surface area contributed by atoms with Gasteiger partial charge in [0, 0.05) is 6.04 Å². The molecular weight excluding hydrogens is 214 g/mol. The fourth-order valence-electron chi connectivity index (χ4n) is 2.88. The molecule has 1 fully saturated rings. The van der Waals surface area contributed by atoms with E-state index in [0.29, 0.717) is 6.04 Å². The van der Waals surface area contributed by atoms with Crippen LogP contribution in [0.1, 0.15) is 51.9 Å². The molecule has 1 aliphatic heterocycles. The van der Waals surface area contributed by atoms with Crippen LogP contribution < -0.4 is 5.32 Å². The fraction of sp³-hybridized carbons (Fsp3) is 0.857. The lowest BCUT2D eigenvalue weighted by molar-refractivity contribution is 0.0194. The molecule has 0 saturated heterocycles. The SMILES string of the molecule is CCCNC1CCC(O)(C2=COCCC2)CC1. The third-order valence-electron chi connectivity index (χ3n) is 4.03. The van der Waals surface area contributed by atoms with Crippen molar-refractivity contribution in [2.24, 2.45) is 0 Å². The molecule has 0 spiro atoms. The zero-order chi connectivity index (χ0) is 12.1. The smallest absolute Gasteiger partial charge is 0.0890 e. The molecule has 1 aliphatic carbocycles. The van der Waals surface area contributed by atoms with Crippen molar-refractivity contribution in [3.8, 4) is 0 Å². The van der Waals surface area contributed by atoms with Gasteiger partial charge in [0.15, 0.2) is 0 Å². The van der Waals surface area contributed by atoms with E-state index in [1.165, 1.54) is 6.42 Å². The Labute approximate surface area is 104 Å². The van der Waals surface area contributed by atoms with Crippen LogP contribution in [0.4, 0.5) is 0 Å². The molecule has 98 valence electrons. The fourth-order valence-corrected chi connectivity index (χ4v) is 2.88. The highest BCUT2D eigenvalue weighted by molar-refractivity contribution is 5.17. The Balaban J connectivity index is 1.86. The van der Waals surface area contributed by atoms with E-state index in [0.717, 1.165) is 57.2 Å². The Hall–Kier alpha value is -0.540. The minimum absolute atomic E-state index is 0.579. The largest absolute Gasteiger partial charge is 0.501 e. The van der Waals surface area contributed by atoms with Gasteiger partial charge in [0.2, 0.25) is 0 Å². The molecule has 2 aliphatic rings. The van der Waals surface area contributed by atoms with Crippen LogP contribution in [0.2, 0.25) is 0 Å². The van der Waals surface area contributed by atoms with Crippen molar-refractivity contribution in [1.82, 2.24) is 5.32 Å². The molecule has 2 N–H and O–H groups in total. The van der Waals surface area contributed by atoms with Crippen molar-refractivity contribution in [3.63, 3.8) is 0 Å². The molecule has 0 aromatic carbocycles. The predicted molar refractivity (Wildman–Crippen MR) is 68.8 cm³/mol. The van der Waals surface area contributed by atoms with Gasteiger partial charge in [-0.1, -0.05) is 6.92 Å². The van der Waals surface area contributed by atoms with Crippen molar-refractivity contribution >= 4 is 0 Å². The van der Waals surface area contributed by atoms with Crippen LogP contribution in [0.5, 0.6) is 0 Å². The Bertz CT molecular complexity index is 267. The molecule has 0 bridgehead atoms. The van der Waals surface area contributed by atoms with E-state index in [4.69, 9.17) is 4.74 Å². The summed E-state index contributed by atoms with van der Waals surface area (Å²) in [6, 6.07) is 0.598. The molecule has 17 heavy (non-hydrogen) atoms. The van der Waals surface area contributed by atoms with E-state index in [-0.39, 0.29) is 0 Å². The lowest BCUT2D eigenvalue weighted by Gasteiger charge is -2.39. The summed E-state index contributed by atoms with van der Waals surface area (Å²) in [5.74, 6) is 0. The first kappa shape index (κ1) is 12.9. The van der Waals surface area contributed by atoms with Gasteiger partial charge in [0.05, 0.1) is 18.5 Å². The van der Waals surface area contributed by atoms with Crippen LogP contribution >= 0.6 is 0 Å². The zero-order valence-corrected chi connectivity index (χ0v) is 10.9. The summed E-state index contributed by atoms with van der Waals surface area (Å²) < 4.78 is 5.35. The predicted octanol–water partition coefficient (Wildman–Crippen LogP) is 2.35. The molecule has 0 unspecified atom stereocenters. The molecule has 3 nitrogen and oxygen atoms in total. The van der Waals surface area contributed by atoms with Crippen molar-refractivity contribution in [1.29, 1.82) is 0 Å². The van der Waals surface area contributed by atoms with Gasteiger partial charge in [0.1, 0.15) is 0 Å². The second kappa shape index (κ2) is 5.87. The Kier molecular flexibility index (Phi) is 4.46. The normalized spacial score (nSPS) is 34.0. The van der Waals surface area contributed by atoms with E-state index in [1.54, 1.807) is 0 Å². The lowest BCUT2D eigenvalue weighted by atomic mass is 9.76. The van der Waals surface area contributed by atoms with Gasteiger partial charge >= 0.3 is 0 Å². The van der Waals surface area contributed by atoms with Crippen LogP contribution in [0.25, 0.3) is 0 Å². The topological polar surface area (TPSA) is 41.5 Å². The van der Waals surface area contributed by atoms with Crippen molar-refractivity contribution in [3.05, 3.63) is 11.8 Å². The molecule has 0 radical (unpaired) electrons. The number of ether oxygens (including phenoxy) is 1. The van der Waals surface area contributed by atoms with E-state index >= 15 is 0 Å². The van der Waals surface area contributed by atoms with Gasteiger partial charge in [-0.2, -0.15) is 0 Å². The molecule has 0 aromatic heterocycles. The maximum atomic E-state index is 10.7. The molecule has 1 heterocycles. The van der Waals surface area contributed by atoms with Gasteiger partial charge in [-0.3, -0.25) is 0 Å². The quantitative estimate of drug-likeness (QED) is 0.791. The van der Waals surface area contributed by atoms with Gasteiger partial charge in [-0.05, 0) is 57.1 Å². The third-order valence-corrected chi connectivity index (χ3v) is 4.03. The van der Waals surface area contributed by atoms with Crippen LogP contribution in [-0.2, 0) is 4.74 Å². The average molecular weight is 239 g/mol. The lowest BCUT2D eigenvalue weighted by Crippen LogP contribution is -2.43. The van der Waals surface area contributed by atoms with Gasteiger partial charge in [-0.15, -0.1) is 0 Å². The van der Waals surface area contributed by atoms with E-state index in [9.17, 15) is 5.11 Å². The molecule has 0 aromatic rings. The summed E-state index contributed by atoms with van der Waals surface area (Å²) in [6.45, 7) is 4.09. The number of aliphatic hydroxyl groups is 1. The molecule has 3 heteroatoms. The van der Waals surface area contributed by atoms with Crippen LogP contribution in [0.3, 0.4) is 0 Å². The van der Waals surface area contributed by atoms with Crippen molar-refractivity contribution in [2.45, 2.75) is 63.5 Å². The third kappa shape index (κ3) is 3.23. The first-order valence-corrected chi connectivity index (χ1v) is 7.01. The Morgan fingerprint density at radius 1 is 1.47 bits per heavy atom.